The number of aliphatic hydroxyl groups excluding tert-OH is 1. The van der Waals surface area contributed by atoms with Gasteiger partial charge in [-0.1, -0.05) is 18.5 Å². The molecule has 1 saturated heterocycles. The third-order valence-electron chi connectivity index (χ3n) is 5.19. The van der Waals surface area contributed by atoms with Crippen LogP contribution in [0.25, 0.3) is 0 Å². The van der Waals surface area contributed by atoms with Crippen LogP contribution in [0.5, 0.6) is 0 Å². The van der Waals surface area contributed by atoms with Crippen molar-refractivity contribution >= 4 is 23.4 Å². The van der Waals surface area contributed by atoms with E-state index in [2.05, 4.69) is 4.98 Å². The van der Waals surface area contributed by atoms with Crippen molar-refractivity contribution in [3.8, 4) is 0 Å². The molecule has 2 N–H and O–H groups in total. The molecule has 0 bridgehead atoms. The van der Waals surface area contributed by atoms with E-state index in [4.69, 9.17) is 25.8 Å². The fraction of sp³-hybridized carbons (Fsp3) is 0.450. The zero-order chi connectivity index (χ0) is 24.3. The summed E-state index contributed by atoms with van der Waals surface area (Å²) in [5.74, 6) is -0.537. The maximum Gasteiger partial charge on any atom is 0.508 e. The molecule has 12 nitrogen and oxygen atoms in total. The normalized spacial score (nSPS) is 20.9. The van der Waals surface area contributed by atoms with Crippen molar-refractivity contribution in [2.24, 2.45) is 0 Å². The van der Waals surface area contributed by atoms with Crippen molar-refractivity contribution in [2.45, 2.75) is 44.6 Å². The van der Waals surface area contributed by atoms with Gasteiger partial charge in [-0.3, -0.25) is 24.5 Å². The van der Waals surface area contributed by atoms with Gasteiger partial charge in [0.05, 0.1) is 11.0 Å². The number of nitrogens with zero attached hydrogens (tertiary/aromatic N) is 2. The zero-order valence-electron chi connectivity index (χ0n) is 17.7. The predicted molar refractivity (Wildman–Crippen MR) is 114 cm³/mol. The molecular formula is C20H22ClN3O9. The van der Waals surface area contributed by atoms with E-state index in [9.17, 15) is 29.6 Å². The standard InChI is InChI=1S/C20H22ClN3O9/c1-10-7-23(19(27)22-18(10)26)17-6-15(25)16(33-17)9-32-20(28)31-8-11(2)13-5-12(21)3-4-14(13)24(29)30/h3-5,7,11,15-17,25H,6,8-9H2,1-2H3,(H,22,26,27). The minimum atomic E-state index is -1.05. The van der Waals surface area contributed by atoms with Gasteiger partial charge in [-0.05, 0) is 19.1 Å². The van der Waals surface area contributed by atoms with Crippen molar-refractivity contribution in [1.29, 1.82) is 0 Å². The topological polar surface area (TPSA) is 163 Å². The first-order valence-electron chi connectivity index (χ1n) is 9.95. The molecule has 2 heterocycles. The Morgan fingerprint density at radius 3 is 2.85 bits per heavy atom. The number of ether oxygens (including phenoxy) is 3. The van der Waals surface area contributed by atoms with Crippen LogP contribution < -0.4 is 11.2 Å². The highest BCUT2D eigenvalue weighted by Gasteiger charge is 2.36. The van der Waals surface area contributed by atoms with Crippen LogP contribution in [0, 0.1) is 17.0 Å². The number of aromatic nitrogens is 2. The molecule has 13 heteroatoms. The van der Waals surface area contributed by atoms with Crippen molar-refractivity contribution < 1.29 is 29.0 Å². The summed E-state index contributed by atoms with van der Waals surface area (Å²) in [6.07, 6.45) is -2.49. The molecule has 178 valence electrons. The fourth-order valence-electron chi connectivity index (χ4n) is 3.40. The molecule has 1 aliphatic heterocycles. The molecule has 0 amide bonds. The summed E-state index contributed by atoms with van der Waals surface area (Å²) >= 11 is 5.92. The Bertz CT molecular complexity index is 1160. The second-order valence-electron chi connectivity index (χ2n) is 7.64. The Morgan fingerprint density at radius 1 is 1.42 bits per heavy atom. The first-order chi connectivity index (χ1) is 15.6. The van der Waals surface area contributed by atoms with E-state index in [1.807, 2.05) is 0 Å². The number of carbonyl (C=O) groups excluding carboxylic acids is 1. The van der Waals surface area contributed by atoms with Gasteiger partial charge >= 0.3 is 11.8 Å². The monoisotopic (exact) mass is 483 g/mol. The molecule has 1 aromatic carbocycles. The van der Waals surface area contributed by atoms with E-state index in [1.54, 1.807) is 6.92 Å². The second-order valence-corrected chi connectivity index (χ2v) is 8.08. The third-order valence-corrected chi connectivity index (χ3v) is 5.43. The van der Waals surface area contributed by atoms with Crippen molar-refractivity contribution in [2.75, 3.05) is 13.2 Å². The first-order valence-corrected chi connectivity index (χ1v) is 10.3. The number of hydrogen-bond donors (Lipinski definition) is 2. The van der Waals surface area contributed by atoms with Gasteiger partial charge in [0.15, 0.2) is 0 Å². The molecule has 33 heavy (non-hydrogen) atoms. The van der Waals surface area contributed by atoms with Gasteiger partial charge in [0.25, 0.3) is 11.2 Å². The molecule has 3 rings (SSSR count). The smallest absolute Gasteiger partial charge is 0.434 e. The van der Waals surface area contributed by atoms with Gasteiger partial charge in [0, 0.05) is 40.8 Å². The Labute approximate surface area is 191 Å². The molecule has 1 aromatic heterocycles. The Morgan fingerprint density at radius 2 is 2.15 bits per heavy atom. The average Bonchev–Trinajstić information content (AvgIpc) is 3.12. The number of H-pyrrole nitrogens is 1. The number of nitro groups is 1. The first kappa shape index (κ1) is 24.4. The van der Waals surface area contributed by atoms with E-state index in [1.165, 1.54) is 31.3 Å². The van der Waals surface area contributed by atoms with Crippen LogP contribution in [0.1, 0.15) is 36.6 Å². The zero-order valence-corrected chi connectivity index (χ0v) is 18.5. The number of hydrogen-bond acceptors (Lipinski definition) is 9. The molecular weight excluding hydrogens is 462 g/mol. The average molecular weight is 484 g/mol. The molecule has 0 radical (unpaired) electrons. The minimum Gasteiger partial charge on any atom is -0.434 e. The van der Waals surface area contributed by atoms with E-state index in [0.29, 0.717) is 16.1 Å². The van der Waals surface area contributed by atoms with Crippen molar-refractivity contribution in [3.05, 3.63) is 71.5 Å². The van der Waals surface area contributed by atoms with Crippen LogP contribution in [-0.4, -0.2) is 51.2 Å². The van der Waals surface area contributed by atoms with Crippen LogP contribution in [0.3, 0.4) is 0 Å². The molecule has 1 aliphatic rings. The summed E-state index contributed by atoms with van der Waals surface area (Å²) in [6.45, 7) is 2.60. The summed E-state index contributed by atoms with van der Waals surface area (Å²) in [5, 5.41) is 21.7. The molecule has 0 aliphatic carbocycles. The lowest BCUT2D eigenvalue weighted by molar-refractivity contribution is -0.385. The summed E-state index contributed by atoms with van der Waals surface area (Å²) in [6, 6.07) is 4.10. The van der Waals surface area contributed by atoms with Crippen LogP contribution >= 0.6 is 11.6 Å². The number of aryl methyl sites for hydroxylation is 1. The van der Waals surface area contributed by atoms with Crippen LogP contribution in [0.2, 0.25) is 5.02 Å². The molecule has 0 spiro atoms. The highest BCUT2D eigenvalue weighted by Crippen LogP contribution is 2.30. The van der Waals surface area contributed by atoms with Gasteiger partial charge in [-0.15, -0.1) is 0 Å². The number of nitro benzene ring substituents is 1. The number of halogens is 1. The highest BCUT2D eigenvalue weighted by molar-refractivity contribution is 6.30. The number of aromatic amines is 1. The van der Waals surface area contributed by atoms with Gasteiger partial charge in [-0.25, -0.2) is 9.59 Å². The Kier molecular flexibility index (Phi) is 7.51. The number of benzene rings is 1. The number of aliphatic hydroxyl groups is 1. The fourth-order valence-corrected chi connectivity index (χ4v) is 3.58. The number of rotatable bonds is 7. The van der Waals surface area contributed by atoms with E-state index in [-0.39, 0.29) is 25.3 Å². The number of nitrogens with one attached hydrogen (secondary N) is 1. The maximum absolute atomic E-state index is 12.0. The summed E-state index contributed by atoms with van der Waals surface area (Å²) in [4.78, 5) is 48.3. The molecule has 4 unspecified atom stereocenters. The third kappa shape index (κ3) is 5.78. The van der Waals surface area contributed by atoms with E-state index < -0.39 is 46.7 Å². The minimum absolute atomic E-state index is 0.0456. The predicted octanol–water partition coefficient (Wildman–Crippen LogP) is 2.01. The highest BCUT2D eigenvalue weighted by atomic mass is 35.5. The lowest BCUT2D eigenvalue weighted by Gasteiger charge is -2.17. The van der Waals surface area contributed by atoms with Gasteiger partial charge in [0.1, 0.15) is 25.5 Å². The Hall–Kier alpha value is -3.22. The second kappa shape index (κ2) is 10.1. The Balaban J connectivity index is 1.54. The quantitative estimate of drug-likeness (QED) is 0.340. The molecule has 2 aromatic rings. The SMILES string of the molecule is Cc1cn(C2CC(O)C(COC(=O)OCC(C)c3cc(Cl)ccc3[N+](=O)[O-])O2)c(=O)[nH]c1=O. The van der Waals surface area contributed by atoms with Crippen molar-refractivity contribution in [3.63, 3.8) is 0 Å². The molecule has 4 atom stereocenters. The summed E-state index contributed by atoms with van der Waals surface area (Å²) in [7, 11) is 0. The maximum atomic E-state index is 12.0. The van der Waals surface area contributed by atoms with Crippen LogP contribution in [0.15, 0.2) is 34.0 Å². The summed E-state index contributed by atoms with van der Waals surface area (Å²) in [5.41, 5.74) is -0.753. The van der Waals surface area contributed by atoms with Crippen LogP contribution in [0.4, 0.5) is 10.5 Å². The summed E-state index contributed by atoms with van der Waals surface area (Å²) < 4.78 is 16.8. The lowest BCUT2D eigenvalue weighted by atomic mass is 10.0. The van der Waals surface area contributed by atoms with Crippen LogP contribution in [-0.2, 0) is 14.2 Å². The largest absolute Gasteiger partial charge is 0.508 e. The number of carbonyl (C=O) groups is 1. The molecule has 1 fully saturated rings. The van der Waals surface area contributed by atoms with Crippen molar-refractivity contribution in [1.82, 2.24) is 9.55 Å². The van der Waals surface area contributed by atoms with Gasteiger partial charge in [-0.2, -0.15) is 0 Å². The molecule has 0 saturated carbocycles. The van der Waals surface area contributed by atoms with E-state index in [0.717, 1.165) is 4.57 Å². The van der Waals surface area contributed by atoms with E-state index >= 15 is 0 Å². The van der Waals surface area contributed by atoms with Gasteiger partial charge < -0.3 is 19.3 Å². The lowest BCUT2D eigenvalue weighted by Crippen LogP contribution is -2.33. The van der Waals surface area contributed by atoms with Gasteiger partial charge in [0.2, 0.25) is 0 Å².